The van der Waals surface area contributed by atoms with Gasteiger partial charge < -0.3 is 40.5 Å². The molecule has 8 N–H and O–H groups in total. The number of nitrogens with zero attached hydrogens (tertiary/aromatic N) is 4. The maximum absolute atomic E-state index is 12.1. The highest BCUT2D eigenvalue weighted by atomic mass is 31.3. The van der Waals surface area contributed by atoms with Crippen LogP contribution < -0.4 is 5.73 Å². The fourth-order valence-corrected chi connectivity index (χ4v) is 6.58. The van der Waals surface area contributed by atoms with Crippen molar-refractivity contribution in [3.05, 3.63) is 12.7 Å². The molecule has 1 aliphatic rings. The highest BCUT2D eigenvalue weighted by Gasteiger charge is 2.47. The molecule has 2 aromatic rings. The highest BCUT2D eigenvalue weighted by molar-refractivity contribution is 7.66. The van der Waals surface area contributed by atoms with Crippen LogP contribution in [-0.2, 0) is 36.1 Å². The van der Waals surface area contributed by atoms with Gasteiger partial charge in [0.2, 0.25) is 0 Å². The smallest absolute Gasteiger partial charge is 0.396 e. The second-order valence-corrected chi connectivity index (χ2v) is 11.9. The molecule has 1 aliphatic heterocycles. The van der Waals surface area contributed by atoms with Gasteiger partial charge in [0.15, 0.2) is 17.7 Å². The number of ether oxygens (including phenoxy) is 1. The number of hydrogen-bond donors (Lipinski definition) is 7. The lowest BCUT2D eigenvalue weighted by molar-refractivity contribution is -0.0503. The van der Waals surface area contributed by atoms with Crippen molar-refractivity contribution in [1.29, 1.82) is 0 Å². The number of imidazole rings is 1. The van der Waals surface area contributed by atoms with Crippen molar-refractivity contribution in [1.82, 2.24) is 19.5 Å². The van der Waals surface area contributed by atoms with Gasteiger partial charge in [-0.05, 0) is 12.8 Å². The van der Waals surface area contributed by atoms with E-state index in [-0.39, 0.29) is 36.4 Å². The van der Waals surface area contributed by atoms with Gasteiger partial charge in [0.05, 0.1) is 19.5 Å². The fourth-order valence-electron chi connectivity index (χ4n) is 3.04. The summed E-state index contributed by atoms with van der Waals surface area (Å²) in [5.41, 5.74) is 6.04. The number of nitrogen functional groups attached to an aromatic ring is 1. The minimum atomic E-state index is -5.68. The molecule has 0 aromatic carbocycles. The number of phosphoric acid groups is 3. The van der Waals surface area contributed by atoms with Crippen LogP contribution in [0.25, 0.3) is 11.2 Å². The Kier molecular flexibility index (Phi) is 9.36. The molecular formula is C14H24N5O14P3. The quantitative estimate of drug-likeness (QED) is 0.112. The van der Waals surface area contributed by atoms with Gasteiger partial charge in [-0.1, -0.05) is 0 Å². The monoisotopic (exact) mass is 579 g/mol. The Morgan fingerprint density at radius 1 is 0.972 bits per heavy atom. The normalized spacial score (nSPS) is 27.5. The summed E-state index contributed by atoms with van der Waals surface area (Å²) in [4.78, 5) is 40.5. The molecule has 3 unspecified atom stereocenters. The maximum atomic E-state index is 12.1. The van der Waals surface area contributed by atoms with Crippen molar-refractivity contribution in [2.24, 2.45) is 0 Å². The Labute approximate surface area is 202 Å². The summed E-state index contributed by atoms with van der Waals surface area (Å²) in [6.45, 7) is -1.61. The number of phosphoric ester groups is 2. The molecule has 36 heavy (non-hydrogen) atoms. The third-order valence-corrected chi connectivity index (χ3v) is 8.91. The molecule has 0 amide bonds. The molecule has 2 aromatic heterocycles. The number of aliphatic hydroxyl groups is 3. The standard InChI is InChI=1S/C14H24N5O14P3/c15-12-9-13(17-6-16-12)19(7-18-9)14-11(22)10(21)8(31-14)5-30-35(25,26)33-36(27,28)32-34(23,24)29-4-2-1-3-20/h6-8,10-11,14,20-22H,1-5H2,(H,23,24)(H,25,26)(H,27,28)(H2,15,16,17)/t8-,10-,11-,14-/m1/s1. The van der Waals surface area contributed by atoms with Gasteiger partial charge in [-0.15, -0.1) is 0 Å². The molecule has 19 nitrogen and oxygen atoms in total. The van der Waals surface area contributed by atoms with Crippen LogP contribution in [0.3, 0.4) is 0 Å². The molecule has 1 fully saturated rings. The zero-order valence-electron chi connectivity index (χ0n) is 18.2. The molecule has 3 rings (SSSR count). The van der Waals surface area contributed by atoms with Crippen molar-refractivity contribution in [3.63, 3.8) is 0 Å². The predicted molar refractivity (Wildman–Crippen MR) is 116 cm³/mol. The summed E-state index contributed by atoms with van der Waals surface area (Å²) < 4.78 is 59.2. The van der Waals surface area contributed by atoms with Gasteiger partial charge >= 0.3 is 23.5 Å². The maximum Gasteiger partial charge on any atom is 0.490 e. The van der Waals surface area contributed by atoms with Crippen LogP contribution in [0.15, 0.2) is 12.7 Å². The van der Waals surface area contributed by atoms with Crippen LogP contribution in [-0.4, -0.2) is 87.7 Å². The molecule has 0 bridgehead atoms. The molecule has 0 spiro atoms. The molecule has 0 radical (unpaired) electrons. The molecular weight excluding hydrogens is 555 g/mol. The second kappa shape index (κ2) is 11.6. The Morgan fingerprint density at radius 2 is 1.64 bits per heavy atom. The first-order chi connectivity index (χ1) is 16.8. The zero-order valence-corrected chi connectivity index (χ0v) is 20.8. The third-order valence-electron chi connectivity index (χ3n) is 4.62. The van der Waals surface area contributed by atoms with E-state index in [1.807, 2.05) is 0 Å². The van der Waals surface area contributed by atoms with Crippen LogP contribution in [0.4, 0.5) is 5.82 Å². The number of nitrogens with two attached hydrogens (primary N) is 1. The molecule has 7 atom stereocenters. The summed E-state index contributed by atoms with van der Waals surface area (Å²) in [6, 6.07) is 0. The van der Waals surface area contributed by atoms with Gasteiger partial charge in [0.25, 0.3) is 0 Å². The number of hydrogen-bond acceptors (Lipinski definition) is 15. The van der Waals surface area contributed by atoms with E-state index in [9.17, 15) is 38.6 Å². The summed E-state index contributed by atoms with van der Waals surface area (Å²) in [6.07, 6.45) is -3.36. The summed E-state index contributed by atoms with van der Waals surface area (Å²) >= 11 is 0. The Balaban J connectivity index is 1.59. The van der Waals surface area contributed by atoms with E-state index in [2.05, 4.69) is 32.6 Å². The van der Waals surface area contributed by atoms with Gasteiger partial charge in [-0.3, -0.25) is 13.6 Å². The number of aromatic nitrogens is 4. The molecule has 22 heteroatoms. The Hall–Kier alpha value is -1.40. The minimum Gasteiger partial charge on any atom is -0.396 e. The second-order valence-electron chi connectivity index (χ2n) is 7.26. The molecule has 204 valence electrons. The van der Waals surface area contributed by atoms with Gasteiger partial charge in [0.1, 0.15) is 30.2 Å². The van der Waals surface area contributed by atoms with E-state index < -0.39 is 61.2 Å². The van der Waals surface area contributed by atoms with E-state index in [4.69, 9.17) is 15.6 Å². The molecule has 0 saturated carbocycles. The largest absolute Gasteiger partial charge is 0.490 e. The summed E-state index contributed by atoms with van der Waals surface area (Å²) in [7, 11) is -16.3. The fraction of sp³-hybridized carbons (Fsp3) is 0.643. The SMILES string of the molecule is Nc1ncnc2c1ncn2[C@@H]1O[C@H](COP(=O)(O)OP(=O)(O)OP(=O)(O)OCCCCO)[C@@H](O)[C@H]1O. The molecule has 3 heterocycles. The van der Waals surface area contributed by atoms with Crippen LogP contribution in [0.5, 0.6) is 0 Å². The van der Waals surface area contributed by atoms with E-state index in [1.165, 1.54) is 10.9 Å². The summed E-state index contributed by atoms with van der Waals surface area (Å²) in [5, 5.41) is 29.3. The lowest BCUT2D eigenvalue weighted by Crippen LogP contribution is -2.33. The Morgan fingerprint density at radius 3 is 2.31 bits per heavy atom. The lowest BCUT2D eigenvalue weighted by atomic mass is 10.1. The van der Waals surface area contributed by atoms with E-state index in [0.717, 1.165) is 6.33 Å². The van der Waals surface area contributed by atoms with E-state index in [0.29, 0.717) is 0 Å². The highest BCUT2D eigenvalue weighted by Crippen LogP contribution is 2.67. The van der Waals surface area contributed by atoms with Gasteiger partial charge in [-0.2, -0.15) is 8.62 Å². The van der Waals surface area contributed by atoms with Crippen molar-refractivity contribution in [3.8, 4) is 0 Å². The third kappa shape index (κ3) is 7.34. The van der Waals surface area contributed by atoms with Crippen LogP contribution in [0.1, 0.15) is 19.1 Å². The van der Waals surface area contributed by atoms with Crippen molar-refractivity contribution in [2.45, 2.75) is 37.4 Å². The number of rotatable bonds is 13. The number of unbranched alkanes of at least 4 members (excludes halogenated alkanes) is 1. The number of aliphatic hydroxyl groups excluding tert-OH is 3. The lowest BCUT2D eigenvalue weighted by Gasteiger charge is -2.20. The van der Waals surface area contributed by atoms with Crippen LogP contribution >= 0.6 is 23.5 Å². The topological polar surface area (TPSA) is 288 Å². The van der Waals surface area contributed by atoms with Gasteiger partial charge in [-0.25, -0.2) is 28.6 Å². The van der Waals surface area contributed by atoms with Gasteiger partial charge in [0, 0.05) is 6.61 Å². The van der Waals surface area contributed by atoms with Crippen molar-refractivity contribution in [2.75, 3.05) is 25.6 Å². The number of anilines is 1. The van der Waals surface area contributed by atoms with Crippen LogP contribution in [0.2, 0.25) is 0 Å². The van der Waals surface area contributed by atoms with Crippen molar-refractivity contribution >= 4 is 40.4 Å². The average molecular weight is 579 g/mol. The first kappa shape index (κ1) is 29.2. The molecule has 0 aliphatic carbocycles. The summed E-state index contributed by atoms with van der Waals surface area (Å²) in [5.74, 6) is 0.0451. The predicted octanol–water partition coefficient (Wildman–Crippen LogP) is -0.832. The minimum absolute atomic E-state index is 0.0451. The average Bonchev–Trinajstić information content (AvgIpc) is 3.31. The zero-order chi connectivity index (χ0) is 26.7. The van der Waals surface area contributed by atoms with E-state index >= 15 is 0 Å². The molecule has 1 saturated heterocycles. The first-order valence-electron chi connectivity index (χ1n) is 10.0. The first-order valence-corrected chi connectivity index (χ1v) is 14.5. The van der Waals surface area contributed by atoms with Crippen molar-refractivity contribution < 1.29 is 66.1 Å². The number of fused-ring (bicyclic) bond motifs is 1. The Bertz CT molecular complexity index is 1200. The van der Waals surface area contributed by atoms with E-state index in [1.54, 1.807) is 0 Å². The van der Waals surface area contributed by atoms with Crippen LogP contribution in [0, 0.1) is 0 Å².